The maximum absolute atomic E-state index is 12.6. The van der Waals surface area contributed by atoms with Crippen LogP contribution in [0.15, 0.2) is 12.1 Å². The Balaban J connectivity index is 3.07. The standard InChI is InChI=1S/C10H11ClFNO3/c11-8-2-6(14)1-5(4-12)7(8)3-9(13)10(15)16/h1-2,9,14H,3-4,13H2,(H,15,16)/t9-/m0/s1. The van der Waals surface area contributed by atoms with E-state index in [0.717, 1.165) is 0 Å². The zero-order valence-electron chi connectivity index (χ0n) is 8.28. The van der Waals surface area contributed by atoms with Crippen molar-refractivity contribution >= 4 is 17.6 Å². The van der Waals surface area contributed by atoms with E-state index < -0.39 is 18.7 Å². The van der Waals surface area contributed by atoms with Crippen LogP contribution in [0.25, 0.3) is 0 Å². The molecule has 0 aromatic heterocycles. The summed E-state index contributed by atoms with van der Waals surface area (Å²) < 4.78 is 12.6. The third-order valence-electron chi connectivity index (χ3n) is 2.16. The van der Waals surface area contributed by atoms with Crippen LogP contribution in [0, 0.1) is 0 Å². The second kappa shape index (κ2) is 5.14. The van der Waals surface area contributed by atoms with Gasteiger partial charge in [-0.15, -0.1) is 0 Å². The Labute approximate surface area is 96.4 Å². The molecule has 4 N–H and O–H groups in total. The largest absolute Gasteiger partial charge is 0.508 e. The third-order valence-corrected chi connectivity index (χ3v) is 2.50. The predicted octanol–water partition coefficient (Wildman–Crippen LogP) is 1.47. The van der Waals surface area contributed by atoms with E-state index in [1.807, 2.05) is 0 Å². The first kappa shape index (κ1) is 12.7. The molecule has 1 rings (SSSR count). The molecule has 0 heterocycles. The average Bonchev–Trinajstić information content (AvgIpc) is 2.21. The van der Waals surface area contributed by atoms with Gasteiger partial charge in [-0.3, -0.25) is 4.79 Å². The maximum atomic E-state index is 12.6. The fourth-order valence-electron chi connectivity index (χ4n) is 1.33. The number of hydrogen-bond acceptors (Lipinski definition) is 3. The van der Waals surface area contributed by atoms with Gasteiger partial charge in [0.15, 0.2) is 0 Å². The molecule has 88 valence electrons. The number of phenols is 1. The van der Waals surface area contributed by atoms with Crippen LogP contribution in [0.4, 0.5) is 4.39 Å². The number of alkyl halides is 1. The van der Waals surface area contributed by atoms with Gasteiger partial charge in [-0.05, 0) is 23.3 Å². The topological polar surface area (TPSA) is 83.5 Å². The molecule has 0 aliphatic heterocycles. The molecule has 0 bridgehead atoms. The number of phenolic OH excluding ortho intramolecular Hbond substituents is 1. The third kappa shape index (κ3) is 2.84. The minimum atomic E-state index is -1.19. The second-order valence-corrected chi connectivity index (χ2v) is 3.75. The molecular weight excluding hydrogens is 237 g/mol. The summed E-state index contributed by atoms with van der Waals surface area (Å²) in [5, 5.41) is 18.0. The Morgan fingerprint density at radius 3 is 2.69 bits per heavy atom. The highest BCUT2D eigenvalue weighted by molar-refractivity contribution is 6.31. The van der Waals surface area contributed by atoms with Crippen molar-refractivity contribution in [2.45, 2.75) is 19.1 Å². The fraction of sp³-hybridized carbons (Fsp3) is 0.300. The fourth-order valence-corrected chi connectivity index (χ4v) is 1.64. The van der Waals surface area contributed by atoms with Crippen LogP contribution in [0.3, 0.4) is 0 Å². The number of carbonyl (C=O) groups is 1. The number of halogens is 2. The molecule has 6 heteroatoms. The molecule has 0 fully saturated rings. The van der Waals surface area contributed by atoms with Gasteiger partial charge in [0.25, 0.3) is 0 Å². The normalized spacial score (nSPS) is 12.4. The molecule has 4 nitrogen and oxygen atoms in total. The van der Waals surface area contributed by atoms with E-state index in [4.69, 9.17) is 22.4 Å². The van der Waals surface area contributed by atoms with Crippen molar-refractivity contribution in [3.05, 3.63) is 28.3 Å². The van der Waals surface area contributed by atoms with Gasteiger partial charge in [0.1, 0.15) is 18.5 Å². The van der Waals surface area contributed by atoms with Gasteiger partial charge in [-0.2, -0.15) is 0 Å². The first-order chi connectivity index (χ1) is 7.45. The highest BCUT2D eigenvalue weighted by atomic mass is 35.5. The lowest BCUT2D eigenvalue weighted by molar-refractivity contribution is -0.138. The van der Waals surface area contributed by atoms with Crippen LogP contribution in [0.5, 0.6) is 5.75 Å². The van der Waals surface area contributed by atoms with E-state index in [2.05, 4.69) is 0 Å². The van der Waals surface area contributed by atoms with E-state index in [1.54, 1.807) is 0 Å². The summed E-state index contributed by atoms with van der Waals surface area (Å²) >= 11 is 5.79. The van der Waals surface area contributed by atoms with E-state index >= 15 is 0 Å². The van der Waals surface area contributed by atoms with Crippen LogP contribution >= 0.6 is 11.6 Å². The quantitative estimate of drug-likeness (QED) is 0.752. The molecule has 0 aliphatic carbocycles. The van der Waals surface area contributed by atoms with E-state index in [1.165, 1.54) is 12.1 Å². The summed E-state index contributed by atoms with van der Waals surface area (Å²) in [6, 6.07) is 1.28. The minimum absolute atomic E-state index is 0.0757. The molecule has 0 saturated heterocycles. The SMILES string of the molecule is N[C@@H](Cc1c(Cl)cc(O)cc1CF)C(=O)O. The molecular formula is C10H11ClFNO3. The Kier molecular flexibility index (Phi) is 4.09. The molecule has 0 radical (unpaired) electrons. The molecule has 0 aliphatic rings. The van der Waals surface area contributed by atoms with Gasteiger partial charge in [0.2, 0.25) is 0 Å². The van der Waals surface area contributed by atoms with Gasteiger partial charge < -0.3 is 15.9 Å². The number of aliphatic carboxylic acids is 1. The number of benzene rings is 1. The van der Waals surface area contributed by atoms with Crippen molar-refractivity contribution in [1.82, 2.24) is 0 Å². The summed E-state index contributed by atoms with van der Waals surface area (Å²) in [4.78, 5) is 10.6. The average molecular weight is 248 g/mol. The number of carboxylic acids is 1. The van der Waals surface area contributed by atoms with E-state index in [0.29, 0.717) is 5.56 Å². The molecule has 1 aromatic carbocycles. The van der Waals surface area contributed by atoms with Gasteiger partial charge in [0.05, 0.1) is 0 Å². The lowest BCUT2D eigenvalue weighted by Gasteiger charge is -2.12. The summed E-state index contributed by atoms with van der Waals surface area (Å²) in [7, 11) is 0. The number of carboxylic acid groups (broad SMARTS) is 1. The second-order valence-electron chi connectivity index (χ2n) is 3.35. The number of aromatic hydroxyl groups is 1. The summed E-state index contributed by atoms with van der Waals surface area (Å²) in [5.74, 6) is -1.35. The van der Waals surface area contributed by atoms with Crippen molar-refractivity contribution in [3.8, 4) is 5.75 Å². The number of hydrogen-bond donors (Lipinski definition) is 3. The Morgan fingerprint density at radius 2 is 2.19 bits per heavy atom. The lowest BCUT2D eigenvalue weighted by atomic mass is 10.0. The first-order valence-electron chi connectivity index (χ1n) is 4.50. The Bertz CT molecular complexity index is 411. The molecule has 1 aromatic rings. The predicted molar refractivity (Wildman–Crippen MR) is 57.2 cm³/mol. The van der Waals surface area contributed by atoms with E-state index in [9.17, 15) is 14.3 Å². The molecule has 1 atom stereocenters. The van der Waals surface area contributed by atoms with Crippen LogP contribution in [0.1, 0.15) is 11.1 Å². The summed E-state index contributed by atoms with van der Waals surface area (Å²) in [6.07, 6.45) is -0.0757. The van der Waals surface area contributed by atoms with Crippen molar-refractivity contribution < 1.29 is 19.4 Å². The van der Waals surface area contributed by atoms with Crippen LogP contribution in [-0.4, -0.2) is 22.2 Å². The van der Waals surface area contributed by atoms with Crippen molar-refractivity contribution in [2.75, 3.05) is 0 Å². The van der Waals surface area contributed by atoms with Crippen LogP contribution in [0.2, 0.25) is 5.02 Å². The minimum Gasteiger partial charge on any atom is -0.508 e. The van der Waals surface area contributed by atoms with Gasteiger partial charge in [-0.25, -0.2) is 4.39 Å². The molecule has 0 amide bonds. The first-order valence-corrected chi connectivity index (χ1v) is 4.88. The number of rotatable bonds is 4. The maximum Gasteiger partial charge on any atom is 0.320 e. The molecule has 16 heavy (non-hydrogen) atoms. The van der Waals surface area contributed by atoms with E-state index in [-0.39, 0.29) is 22.8 Å². The summed E-state index contributed by atoms with van der Waals surface area (Å²) in [5.41, 5.74) is 5.81. The highest BCUT2D eigenvalue weighted by Crippen LogP contribution is 2.27. The molecule has 0 saturated carbocycles. The Hall–Kier alpha value is -1.33. The van der Waals surface area contributed by atoms with Crippen molar-refractivity contribution in [2.24, 2.45) is 5.73 Å². The van der Waals surface area contributed by atoms with Gasteiger partial charge in [0, 0.05) is 11.4 Å². The zero-order valence-corrected chi connectivity index (χ0v) is 9.04. The van der Waals surface area contributed by atoms with Gasteiger partial charge in [-0.1, -0.05) is 11.6 Å². The zero-order chi connectivity index (χ0) is 12.3. The van der Waals surface area contributed by atoms with Crippen molar-refractivity contribution in [1.29, 1.82) is 0 Å². The van der Waals surface area contributed by atoms with Crippen LogP contribution < -0.4 is 5.73 Å². The smallest absolute Gasteiger partial charge is 0.320 e. The highest BCUT2D eigenvalue weighted by Gasteiger charge is 2.17. The van der Waals surface area contributed by atoms with Crippen LogP contribution in [-0.2, 0) is 17.9 Å². The van der Waals surface area contributed by atoms with Gasteiger partial charge >= 0.3 is 5.97 Å². The lowest BCUT2D eigenvalue weighted by Crippen LogP contribution is -2.32. The Morgan fingerprint density at radius 1 is 1.56 bits per heavy atom. The van der Waals surface area contributed by atoms with Crippen molar-refractivity contribution in [3.63, 3.8) is 0 Å². The monoisotopic (exact) mass is 247 g/mol. The molecule has 0 unspecified atom stereocenters. The summed E-state index contributed by atoms with van der Waals surface area (Å²) in [6.45, 7) is -0.838. The number of nitrogens with two attached hydrogens (primary N) is 1. The molecule has 0 spiro atoms.